The molecule has 0 radical (unpaired) electrons. The number of hydrogen-bond acceptors (Lipinski definition) is 6. The van der Waals surface area contributed by atoms with Gasteiger partial charge in [-0.05, 0) is 69.5 Å². The standard InChI is InChI=1S/C25H24F3N5O3/c1-31-11-7-19(8-12-31)36-18-5-3-16(4-6-18)33-23(35)32(22(34)24(33)9-2-10-24)17-13-20(25(26,27)28)21(14-29)30-15-17/h3-6,13,15,19H,2,7-12H2,1H3. The molecule has 3 amide bonds. The van der Waals surface area contributed by atoms with E-state index in [-0.39, 0.29) is 11.8 Å². The molecule has 1 spiro atoms. The van der Waals surface area contributed by atoms with Crippen molar-refractivity contribution >= 4 is 23.3 Å². The Bertz CT molecular complexity index is 1230. The number of halogens is 3. The lowest BCUT2D eigenvalue weighted by Gasteiger charge is -2.42. The first-order chi connectivity index (χ1) is 17.1. The minimum absolute atomic E-state index is 0.0993. The van der Waals surface area contributed by atoms with Gasteiger partial charge >= 0.3 is 12.2 Å². The Morgan fingerprint density at radius 1 is 1.11 bits per heavy atom. The third kappa shape index (κ3) is 3.95. The molecule has 3 fully saturated rings. The molecule has 2 aromatic rings. The number of aromatic nitrogens is 1. The van der Waals surface area contributed by atoms with Crippen molar-refractivity contribution in [2.24, 2.45) is 0 Å². The first kappa shape index (κ1) is 24.1. The number of hydrogen-bond donors (Lipinski definition) is 0. The number of ether oxygens (including phenoxy) is 1. The van der Waals surface area contributed by atoms with E-state index in [0.717, 1.165) is 37.0 Å². The van der Waals surface area contributed by atoms with Gasteiger partial charge in [0.1, 0.15) is 23.5 Å². The Balaban J connectivity index is 1.43. The molecule has 11 heteroatoms. The summed E-state index contributed by atoms with van der Waals surface area (Å²) in [5.74, 6) is 0.0573. The van der Waals surface area contributed by atoms with E-state index in [1.807, 2.05) is 0 Å². The molecule has 3 heterocycles. The maximum absolute atomic E-state index is 13.5. The molecule has 1 saturated carbocycles. The normalized spacial score (nSPS) is 20.5. The van der Waals surface area contributed by atoms with Crippen molar-refractivity contribution in [3.05, 3.63) is 47.8 Å². The van der Waals surface area contributed by atoms with Gasteiger partial charge in [0.15, 0.2) is 5.69 Å². The molecule has 5 rings (SSSR count). The summed E-state index contributed by atoms with van der Waals surface area (Å²) in [6.07, 6.45) is -0.477. The van der Waals surface area contributed by atoms with Gasteiger partial charge in [-0.15, -0.1) is 0 Å². The summed E-state index contributed by atoms with van der Waals surface area (Å²) in [7, 11) is 2.07. The van der Waals surface area contributed by atoms with Crippen molar-refractivity contribution in [3.8, 4) is 11.8 Å². The van der Waals surface area contributed by atoms with Crippen LogP contribution >= 0.6 is 0 Å². The Morgan fingerprint density at radius 2 is 1.78 bits per heavy atom. The average Bonchev–Trinajstić information content (AvgIpc) is 3.07. The first-order valence-corrected chi connectivity index (χ1v) is 11.8. The van der Waals surface area contributed by atoms with Gasteiger partial charge in [-0.2, -0.15) is 18.4 Å². The fourth-order valence-electron chi connectivity index (χ4n) is 5.06. The molecule has 2 aliphatic heterocycles. The molecule has 1 aromatic heterocycles. The van der Waals surface area contributed by atoms with Crippen LogP contribution in [0.2, 0.25) is 0 Å². The quantitative estimate of drug-likeness (QED) is 0.582. The van der Waals surface area contributed by atoms with Crippen LogP contribution in [-0.2, 0) is 11.0 Å². The fourth-order valence-corrected chi connectivity index (χ4v) is 5.06. The van der Waals surface area contributed by atoms with Crippen LogP contribution in [0.3, 0.4) is 0 Å². The smallest absolute Gasteiger partial charge is 0.419 e. The van der Waals surface area contributed by atoms with Crippen LogP contribution in [0, 0.1) is 11.3 Å². The SMILES string of the molecule is CN1CCC(Oc2ccc(N3C(=O)N(c4cnc(C#N)c(C(F)(F)F)c4)C(=O)C34CCC4)cc2)CC1. The van der Waals surface area contributed by atoms with Crippen LogP contribution < -0.4 is 14.5 Å². The Morgan fingerprint density at radius 3 is 2.33 bits per heavy atom. The number of anilines is 2. The van der Waals surface area contributed by atoms with E-state index in [2.05, 4.69) is 16.9 Å². The van der Waals surface area contributed by atoms with Crippen molar-refractivity contribution < 1.29 is 27.5 Å². The summed E-state index contributed by atoms with van der Waals surface area (Å²) in [4.78, 5) is 34.8. The van der Waals surface area contributed by atoms with Gasteiger partial charge in [-0.1, -0.05) is 0 Å². The number of rotatable bonds is 4. The number of carbonyl (C=O) groups excluding carboxylic acids is 2. The average molecular weight is 499 g/mol. The number of alkyl halides is 3. The van der Waals surface area contributed by atoms with Crippen LogP contribution in [0.15, 0.2) is 36.5 Å². The molecule has 0 N–H and O–H groups in total. The van der Waals surface area contributed by atoms with Gasteiger partial charge in [-0.25, -0.2) is 14.7 Å². The minimum Gasteiger partial charge on any atom is -0.490 e. The lowest BCUT2D eigenvalue weighted by molar-refractivity contribution is -0.138. The van der Waals surface area contributed by atoms with Crippen molar-refractivity contribution in [2.45, 2.75) is 49.9 Å². The Hall–Kier alpha value is -3.65. The minimum atomic E-state index is -4.86. The molecule has 1 aliphatic carbocycles. The summed E-state index contributed by atoms with van der Waals surface area (Å²) in [5, 5.41) is 9.02. The Labute approximate surface area is 205 Å². The molecule has 1 aromatic carbocycles. The summed E-state index contributed by atoms with van der Waals surface area (Å²) >= 11 is 0. The summed E-state index contributed by atoms with van der Waals surface area (Å²) in [6, 6.07) is 8.16. The predicted molar refractivity (Wildman–Crippen MR) is 123 cm³/mol. The number of pyridine rings is 1. The van der Waals surface area contributed by atoms with Gasteiger partial charge < -0.3 is 9.64 Å². The highest BCUT2D eigenvalue weighted by Crippen LogP contribution is 2.48. The molecular weight excluding hydrogens is 475 g/mol. The number of urea groups is 1. The second kappa shape index (κ2) is 8.78. The lowest BCUT2D eigenvalue weighted by atomic mass is 9.75. The lowest BCUT2D eigenvalue weighted by Crippen LogP contribution is -2.55. The highest BCUT2D eigenvalue weighted by atomic mass is 19.4. The number of imide groups is 1. The van der Waals surface area contributed by atoms with Gasteiger partial charge in [0.2, 0.25) is 0 Å². The molecular formula is C25H24F3N5O3. The summed E-state index contributed by atoms with van der Waals surface area (Å²) in [6.45, 7) is 1.90. The maximum Gasteiger partial charge on any atom is 0.419 e. The number of amides is 3. The van der Waals surface area contributed by atoms with E-state index < -0.39 is 34.9 Å². The predicted octanol–water partition coefficient (Wildman–Crippen LogP) is 4.34. The maximum atomic E-state index is 13.5. The first-order valence-electron chi connectivity index (χ1n) is 11.8. The number of carbonyl (C=O) groups is 2. The van der Waals surface area contributed by atoms with Crippen LogP contribution in [0.4, 0.5) is 29.3 Å². The fraction of sp³-hybridized carbons (Fsp3) is 0.440. The van der Waals surface area contributed by atoms with Gasteiger partial charge in [0, 0.05) is 18.8 Å². The van der Waals surface area contributed by atoms with E-state index in [4.69, 9.17) is 10.00 Å². The van der Waals surface area contributed by atoms with E-state index >= 15 is 0 Å². The molecule has 0 atom stereocenters. The highest BCUT2D eigenvalue weighted by molar-refractivity contribution is 6.30. The van der Waals surface area contributed by atoms with E-state index in [1.165, 1.54) is 11.0 Å². The van der Waals surface area contributed by atoms with Gasteiger partial charge in [0.05, 0.1) is 17.4 Å². The molecule has 188 valence electrons. The topological polar surface area (TPSA) is 89.8 Å². The van der Waals surface area contributed by atoms with Gasteiger partial charge in [-0.3, -0.25) is 9.69 Å². The Kier molecular flexibility index (Phi) is 5.87. The second-order valence-electron chi connectivity index (χ2n) is 9.46. The van der Waals surface area contributed by atoms with Crippen LogP contribution in [0.25, 0.3) is 0 Å². The number of benzene rings is 1. The largest absolute Gasteiger partial charge is 0.490 e. The zero-order chi connectivity index (χ0) is 25.7. The molecule has 0 bridgehead atoms. The van der Waals surface area contributed by atoms with E-state index in [1.54, 1.807) is 24.3 Å². The van der Waals surface area contributed by atoms with Gasteiger partial charge in [0.25, 0.3) is 5.91 Å². The molecule has 2 saturated heterocycles. The third-order valence-corrected chi connectivity index (χ3v) is 7.20. The third-order valence-electron chi connectivity index (χ3n) is 7.20. The second-order valence-corrected chi connectivity index (χ2v) is 9.46. The van der Waals surface area contributed by atoms with E-state index in [9.17, 15) is 22.8 Å². The number of nitrogens with zero attached hydrogens (tertiary/aromatic N) is 5. The van der Waals surface area contributed by atoms with Crippen molar-refractivity contribution in [1.29, 1.82) is 5.26 Å². The molecule has 3 aliphatic rings. The van der Waals surface area contributed by atoms with Crippen molar-refractivity contribution in [1.82, 2.24) is 9.88 Å². The monoisotopic (exact) mass is 499 g/mol. The van der Waals surface area contributed by atoms with Crippen LogP contribution in [0.5, 0.6) is 5.75 Å². The van der Waals surface area contributed by atoms with Crippen molar-refractivity contribution in [3.63, 3.8) is 0 Å². The van der Waals surface area contributed by atoms with Crippen LogP contribution in [0.1, 0.15) is 43.4 Å². The van der Waals surface area contributed by atoms with Crippen molar-refractivity contribution in [2.75, 3.05) is 29.9 Å². The summed E-state index contributed by atoms with van der Waals surface area (Å²) < 4.78 is 46.5. The number of nitriles is 1. The zero-order valence-corrected chi connectivity index (χ0v) is 19.6. The molecule has 0 unspecified atom stereocenters. The molecule has 8 nitrogen and oxygen atoms in total. The van der Waals surface area contributed by atoms with E-state index in [0.29, 0.717) is 36.8 Å². The number of piperidine rings is 1. The van der Waals surface area contributed by atoms with Crippen LogP contribution in [-0.4, -0.2) is 53.6 Å². The summed E-state index contributed by atoms with van der Waals surface area (Å²) in [5.41, 5.74) is -3.11. The molecule has 36 heavy (non-hydrogen) atoms. The zero-order valence-electron chi connectivity index (χ0n) is 19.6. The highest BCUT2D eigenvalue weighted by Gasteiger charge is 2.61. The number of likely N-dealkylation sites (tertiary alicyclic amines) is 1.